The third-order valence-corrected chi connectivity index (χ3v) is 2.53. The van der Waals surface area contributed by atoms with Gasteiger partial charge in [-0.1, -0.05) is 12.2 Å². The van der Waals surface area contributed by atoms with E-state index in [1.807, 2.05) is 19.1 Å². The summed E-state index contributed by atoms with van der Waals surface area (Å²) in [6.07, 6.45) is 4.62. The molecule has 17 heavy (non-hydrogen) atoms. The van der Waals surface area contributed by atoms with Crippen LogP contribution in [0.25, 0.3) is 0 Å². The number of carbonyl (C=O) groups excluding carboxylic acids is 1. The fraction of sp³-hybridized carbons (Fsp3) is 0.417. The number of nitrogens with one attached hydrogen (secondary N) is 2. The standard InChI is InChI=1S/C12H17N3O2/c1-4-5-6-7-13-11(16)10-8(2)9(3)14-15-12(10)17/h4-5H,6-7H2,1-3H3,(H,13,16)(H,15,17)/b5-4+. The minimum absolute atomic E-state index is 0.151. The van der Waals surface area contributed by atoms with Gasteiger partial charge in [0.2, 0.25) is 0 Å². The number of rotatable bonds is 4. The smallest absolute Gasteiger partial charge is 0.277 e. The lowest BCUT2D eigenvalue weighted by atomic mass is 10.1. The maximum absolute atomic E-state index is 11.8. The Morgan fingerprint density at radius 1 is 1.47 bits per heavy atom. The zero-order valence-electron chi connectivity index (χ0n) is 10.3. The molecule has 92 valence electrons. The molecule has 0 fully saturated rings. The molecule has 1 amide bonds. The monoisotopic (exact) mass is 235 g/mol. The van der Waals surface area contributed by atoms with Crippen molar-refractivity contribution in [2.75, 3.05) is 6.54 Å². The van der Waals surface area contributed by atoms with Gasteiger partial charge < -0.3 is 5.32 Å². The molecule has 0 saturated heterocycles. The zero-order valence-corrected chi connectivity index (χ0v) is 10.3. The van der Waals surface area contributed by atoms with Crippen LogP contribution < -0.4 is 10.9 Å². The molecule has 2 N–H and O–H groups in total. The average molecular weight is 235 g/mol. The summed E-state index contributed by atoms with van der Waals surface area (Å²) >= 11 is 0. The molecule has 0 bridgehead atoms. The summed E-state index contributed by atoms with van der Waals surface area (Å²) < 4.78 is 0. The van der Waals surface area contributed by atoms with Gasteiger partial charge in [-0.25, -0.2) is 5.10 Å². The molecule has 1 aromatic rings. The van der Waals surface area contributed by atoms with Crippen molar-refractivity contribution in [1.82, 2.24) is 15.5 Å². The molecule has 0 spiro atoms. The molecule has 1 aromatic heterocycles. The molecule has 1 rings (SSSR count). The summed E-state index contributed by atoms with van der Waals surface area (Å²) in [5, 5.41) is 8.82. The summed E-state index contributed by atoms with van der Waals surface area (Å²) in [7, 11) is 0. The minimum atomic E-state index is -0.448. The summed E-state index contributed by atoms with van der Waals surface area (Å²) in [5.74, 6) is -0.348. The van der Waals surface area contributed by atoms with E-state index >= 15 is 0 Å². The molecular formula is C12H17N3O2. The second-order valence-electron chi connectivity index (χ2n) is 3.75. The molecule has 0 atom stereocenters. The first-order valence-corrected chi connectivity index (χ1v) is 5.53. The van der Waals surface area contributed by atoms with Crippen molar-refractivity contribution in [2.45, 2.75) is 27.2 Å². The molecule has 0 aliphatic heterocycles. The third kappa shape index (κ3) is 3.27. The van der Waals surface area contributed by atoms with Crippen LogP contribution in [0.2, 0.25) is 0 Å². The van der Waals surface area contributed by atoms with E-state index < -0.39 is 5.56 Å². The zero-order chi connectivity index (χ0) is 12.8. The molecule has 5 nitrogen and oxygen atoms in total. The van der Waals surface area contributed by atoms with Gasteiger partial charge in [-0.05, 0) is 32.8 Å². The predicted molar refractivity (Wildman–Crippen MR) is 66.1 cm³/mol. The number of H-pyrrole nitrogens is 1. The number of carbonyl (C=O) groups is 1. The van der Waals surface area contributed by atoms with Crippen LogP contribution in [0.1, 0.15) is 35.0 Å². The summed E-state index contributed by atoms with van der Waals surface area (Å²) in [6.45, 7) is 5.91. The van der Waals surface area contributed by atoms with Gasteiger partial charge in [0.15, 0.2) is 0 Å². The van der Waals surface area contributed by atoms with Crippen molar-refractivity contribution in [2.24, 2.45) is 0 Å². The van der Waals surface area contributed by atoms with E-state index in [0.717, 1.165) is 6.42 Å². The SMILES string of the molecule is C/C=C/CCNC(=O)c1c(C)c(C)n[nH]c1=O. The number of hydrogen-bond acceptors (Lipinski definition) is 3. The second-order valence-corrected chi connectivity index (χ2v) is 3.75. The maximum atomic E-state index is 11.8. The molecule has 0 aliphatic carbocycles. The topological polar surface area (TPSA) is 74.8 Å². The van der Waals surface area contributed by atoms with Crippen LogP contribution in [0.5, 0.6) is 0 Å². The van der Waals surface area contributed by atoms with Gasteiger partial charge in [0.1, 0.15) is 5.56 Å². The van der Waals surface area contributed by atoms with Gasteiger partial charge >= 0.3 is 0 Å². The number of aryl methyl sites for hydroxylation is 1. The molecule has 0 saturated carbocycles. The van der Waals surface area contributed by atoms with E-state index in [-0.39, 0.29) is 11.5 Å². The molecular weight excluding hydrogens is 218 g/mol. The first-order valence-electron chi connectivity index (χ1n) is 5.53. The largest absolute Gasteiger partial charge is 0.352 e. The lowest BCUT2D eigenvalue weighted by molar-refractivity contribution is 0.0952. The van der Waals surface area contributed by atoms with E-state index in [1.54, 1.807) is 13.8 Å². The van der Waals surface area contributed by atoms with Gasteiger partial charge in [0, 0.05) is 6.54 Å². The molecule has 0 aliphatic rings. The number of nitrogens with zero attached hydrogens (tertiary/aromatic N) is 1. The third-order valence-electron chi connectivity index (χ3n) is 2.53. The number of aromatic amines is 1. The Kier molecular flexibility index (Phi) is 4.63. The van der Waals surface area contributed by atoms with Crippen LogP contribution in [0.4, 0.5) is 0 Å². The first kappa shape index (κ1) is 13.2. The lowest BCUT2D eigenvalue weighted by Gasteiger charge is -2.06. The summed E-state index contributed by atoms with van der Waals surface area (Å²) in [4.78, 5) is 23.3. The Morgan fingerprint density at radius 3 is 2.82 bits per heavy atom. The van der Waals surface area contributed by atoms with Gasteiger partial charge in [0.25, 0.3) is 11.5 Å². The van der Waals surface area contributed by atoms with Crippen LogP contribution in [0, 0.1) is 13.8 Å². The van der Waals surface area contributed by atoms with E-state index in [4.69, 9.17) is 0 Å². The van der Waals surface area contributed by atoms with Crippen LogP contribution in [0.15, 0.2) is 16.9 Å². The van der Waals surface area contributed by atoms with Crippen molar-refractivity contribution < 1.29 is 4.79 Å². The van der Waals surface area contributed by atoms with E-state index in [1.165, 1.54) is 0 Å². The number of allylic oxidation sites excluding steroid dienone is 1. The lowest BCUT2D eigenvalue weighted by Crippen LogP contribution is -2.32. The maximum Gasteiger partial charge on any atom is 0.277 e. The number of aromatic nitrogens is 2. The van der Waals surface area contributed by atoms with Gasteiger partial charge in [0.05, 0.1) is 5.69 Å². The second kappa shape index (κ2) is 5.98. The first-order chi connectivity index (χ1) is 8.07. The Hall–Kier alpha value is -1.91. The molecule has 1 heterocycles. The van der Waals surface area contributed by atoms with E-state index in [2.05, 4.69) is 15.5 Å². The molecule has 0 unspecified atom stereocenters. The number of amides is 1. The Balaban J connectivity index is 2.82. The Labute approximate surface area is 99.9 Å². The van der Waals surface area contributed by atoms with E-state index in [0.29, 0.717) is 17.8 Å². The quantitative estimate of drug-likeness (QED) is 0.605. The normalized spacial score (nSPS) is 10.8. The Bertz CT molecular complexity index is 489. The Morgan fingerprint density at radius 2 is 2.18 bits per heavy atom. The summed E-state index contributed by atoms with van der Waals surface area (Å²) in [6, 6.07) is 0. The van der Waals surface area contributed by atoms with Gasteiger partial charge in [-0.15, -0.1) is 0 Å². The van der Waals surface area contributed by atoms with E-state index in [9.17, 15) is 9.59 Å². The van der Waals surface area contributed by atoms with Crippen molar-refractivity contribution in [1.29, 1.82) is 0 Å². The summed E-state index contributed by atoms with van der Waals surface area (Å²) in [5.41, 5.74) is 0.982. The van der Waals surface area contributed by atoms with Crippen LogP contribution in [-0.2, 0) is 0 Å². The highest BCUT2D eigenvalue weighted by molar-refractivity contribution is 5.95. The van der Waals surface area contributed by atoms with Crippen molar-refractivity contribution in [3.63, 3.8) is 0 Å². The predicted octanol–water partition coefficient (Wildman–Crippen LogP) is 1.08. The fourth-order valence-electron chi connectivity index (χ4n) is 1.42. The highest BCUT2D eigenvalue weighted by Gasteiger charge is 2.15. The van der Waals surface area contributed by atoms with Crippen molar-refractivity contribution in [3.05, 3.63) is 39.3 Å². The molecule has 5 heteroatoms. The van der Waals surface area contributed by atoms with Gasteiger partial charge in [-0.2, -0.15) is 5.10 Å². The minimum Gasteiger partial charge on any atom is -0.352 e. The van der Waals surface area contributed by atoms with Crippen LogP contribution >= 0.6 is 0 Å². The highest BCUT2D eigenvalue weighted by Crippen LogP contribution is 2.04. The fourth-order valence-corrected chi connectivity index (χ4v) is 1.42. The van der Waals surface area contributed by atoms with Crippen LogP contribution in [-0.4, -0.2) is 22.6 Å². The average Bonchev–Trinajstić information content (AvgIpc) is 2.30. The van der Waals surface area contributed by atoms with Gasteiger partial charge in [-0.3, -0.25) is 9.59 Å². The highest BCUT2D eigenvalue weighted by atomic mass is 16.2. The molecule has 0 aromatic carbocycles. The van der Waals surface area contributed by atoms with Crippen LogP contribution in [0.3, 0.4) is 0 Å². The van der Waals surface area contributed by atoms with Crippen molar-refractivity contribution >= 4 is 5.91 Å². The molecule has 0 radical (unpaired) electrons. The number of hydrogen-bond donors (Lipinski definition) is 2. The van der Waals surface area contributed by atoms with Crippen molar-refractivity contribution in [3.8, 4) is 0 Å².